The van der Waals surface area contributed by atoms with Crippen LogP contribution in [0.5, 0.6) is 0 Å². The Kier molecular flexibility index (Phi) is 11.9. The summed E-state index contributed by atoms with van der Waals surface area (Å²) >= 11 is 0. The van der Waals surface area contributed by atoms with Gasteiger partial charge in [-0.05, 0) is 20.3 Å². The maximum absolute atomic E-state index is 5.04. The van der Waals surface area contributed by atoms with Crippen molar-refractivity contribution in [2.75, 3.05) is 6.61 Å². The van der Waals surface area contributed by atoms with Gasteiger partial charge in [-0.1, -0.05) is 51.9 Å². The minimum atomic E-state index is 0.180. The first kappa shape index (κ1) is 14.9. The Balaban J connectivity index is 2.87. The molecule has 0 bridgehead atoms. The minimum absolute atomic E-state index is 0.180. The summed E-state index contributed by atoms with van der Waals surface area (Å²) in [6.07, 6.45) is 10.8. The van der Waals surface area contributed by atoms with Gasteiger partial charge in [-0.2, -0.15) is 0 Å². The minimum Gasteiger partial charge on any atom is -0.236 e. The van der Waals surface area contributed by atoms with Crippen LogP contribution in [-0.2, 0) is 9.78 Å². The molecule has 2 nitrogen and oxygen atoms in total. The monoisotopic (exact) mass is 216 g/mol. The summed E-state index contributed by atoms with van der Waals surface area (Å²) < 4.78 is 0. The highest BCUT2D eigenvalue weighted by atomic mass is 17.2. The normalized spacial score (nSPS) is 11.2. The van der Waals surface area contributed by atoms with E-state index in [1.165, 1.54) is 44.9 Å². The Morgan fingerprint density at radius 2 is 1.33 bits per heavy atom. The van der Waals surface area contributed by atoms with Gasteiger partial charge in [0, 0.05) is 0 Å². The average Bonchev–Trinajstić information content (AvgIpc) is 2.20. The molecule has 0 aliphatic rings. The summed E-state index contributed by atoms with van der Waals surface area (Å²) in [6, 6.07) is 0. The summed E-state index contributed by atoms with van der Waals surface area (Å²) in [5, 5.41) is 0. The van der Waals surface area contributed by atoms with Crippen LogP contribution >= 0.6 is 0 Å². The van der Waals surface area contributed by atoms with Crippen molar-refractivity contribution in [3.63, 3.8) is 0 Å². The zero-order chi connectivity index (χ0) is 11.4. The molecule has 0 radical (unpaired) electrons. The smallest absolute Gasteiger partial charge is 0.0873 e. The second-order valence-electron chi connectivity index (χ2n) is 4.44. The topological polar surface area (TPSA) is 18.5 Å². The zero-order valence-electron chi connectivity index (χ0n) is 10.8. The Hall–Kier alpha value is -0.0800. The molecular weight excluding hydrogens is 188 g/mol. The molecule has 0 saturated carbocycles. The molecule has 15 heavy (non-hydrogen) atoms. The summed E-state index contributed by atoms with van der Waals surface area (Å²) in [7, 11) is 0. The maximum Gasteiger partial charge on any atom is 0.0873 e. The van der Waals surface area contributed by atoms with Crippen LogP contribution in [0.2, 0.25) is 0 Å². The van der Waals surface area contributed by atoms with Crippen molar-refractivity contribution in [1.29, 1.82) is 0 Å². The molecule has 0 fully saturated rings. The van der Waals surface area contributed by atoms with Gasteiger partial charge in [0.05, 0.1) is 12.7 Å². The van der Waals surface area contributed by atoms with Gasteiger partial charge in [0.25, 0.3) is 0 Å². The van der Waals surface area contributed by atoms with Crippen molar-refractivity contribution in [3.05, 3.63) is 0 Å². The van der Waals surface area contributed by atoms with E-state index in [4.69, 9.17) is 9.78 Å². The Morgan fingerprint density at radius 1 is 0.800 bits per heavy atom. The lowest BCUT2D eigenvalue weighted by molar-refractivity contribution is -0.317. The van der Waals surface area contributed by atoms with Crippen molar-refractivity contribution in [2.45, 2.75) is 78.2 Å². The standard InChI is InChI=1S/C13H28O2/c1-4-5-6-7-8-9-10-11-12-14-15-13(2)3/h13H,4-12H2,1-3H3. The van der Waals surface area contributed by atoms with Crippen molar-refractivity contribution in [1.82, 2.24) is 0 Å². The second kappa shape index (κ2) is 12.0. The van der Waals surface area contributed by atoms with Gasteiger partial charge >= 0.3 is 0 Å². The third-order valence-corrected chi connectivity index (χ3v) is 2.34. The Morgan fingerprint density at radius 3 is 1.87 bits per heavy atom. The molecule has 0 heterocycles. The van der Waals surface area contributed by atoms with Crippen LogP contribution in [0, 0.1) is 0 Å². The van der Waals surface area contributed by atoms with E-state index in [-0.39, 0.29) is 6.10 Å². The van der Waals surface area contributed by atoms with E-state index in [0.717, 1.165) is 13.0 Å². The van der Waals surface area contributed by atoms with Gasteiger partial charge in [0.15, 0.2) is 0 Å². The lowest BCUT2D eigenvalue weighted by Gasteiger charge is -2.06. The quantitative estimate of drug-likeness (QED) is 0.288. The van der Waals surface area contributed by atoms with E-state index in [9.17, 15) is 0 Å². The van der Waals surface area contributed by atoms with Crippen molar-refractivity contribution in [3.8, 4) is 0 Å². The Bertz CT molecular complexity index is 113. The average molecular weight is 216 g/mol. The number of hydrogen-bond acceptors (Lipinski definition) is 2. The molecule has 0 N–H and O–H groups in total. The van der Waals surface area contributed by atoms with E-state index in [1.807, 2.05) is 13.8 Å². The van der Waals surface area contributed by atoms with Crippen LogP contribution in [0.4, 0.5) is 0 Å². The lowest BCUT2D eigenvalue weighted by Crippen LogP contribution is -2.04. The predicted octanol–water partition coefficient (Wildman–Crippen LogP) is 4.48. The largest absolute Gasteiger partial charge is 0.236 e. The fourth-order valence-corrected chi connectivity index (χ4v) is 1.48. The molecule has 92 valence electrons. The van der Waals surface area contributed by atoms with Crippen molar-refractivity contribution >= 4 is 0 Å². The number of hydrogen-bond donors (Lipinski definition) is 0. The van der Waals surface area contributed by atoms with Crippen LogP contribution in [0.1, 0.15) is 72.1 Å². The van der Waals surface area contributed by atoms with Gasteiger partial charge in [-0.3, -0.25) is 0 Å². The molecule has 0 unspecified atom stereocenters. The first-order valence-corrected chi connectivity index (χ1v) is 6.55. The molecule has 0 amide bonds. The summed E-state index contributed by atoms with van der Waals surface area (Å²) in [5.41, 5.74) is 0. The van der Waals surface area contributed by atoms with Gasteiger partial charge < -0.3 is 0 Å². The van der Waals surface area contributed by atoms with Crippen molar-refractivity contribution < 1.29 is 9.78 Å². The first-order chi connectivity index (χ1) is 7.27. The van der Waals surface area contributed by atoms with Gasteiger partial charge in [0.2, 0.25) is 0 Å². The molecule has 0 atom stereocenters. The van der Waals surface area contributed by atoms with Crippen molar-refractivity contribution in [2.24, 2.45) is 0 Å². The van der Waals surface area contributed by atoms with Gasteiger partial charge in [0.1, 0.15) is 0 Å². The van der Waals surface area contributed by atoms with Crippen LogP contribution < -0.4 is 0 Å². The molecule has 0 aromatic heterocycles. The highest BCUT2D eigenvalue weighted by molar-refractivity contribution is 4.45. The fourth-order valence-electron chi connectivity index (χ4n) is 1.48. The molecule has 0 rings (SSSR count). The molecule has 0 aliphatic heterocycles. The van der Waals surface area contributed by atoms with Gasteiger partial charge in [-0.15, -0.1) is 0 Å². The van der Waals surface area contributed by atoms with E-state index >= 15 is 0 Å². The van der Waals surface area contributed by atoms with Crippen LogP contribution in [0.25, 0.3) is 0 Å². The highest BCUT2D eigenvalue weighted by Gasteiger charge is 1.94. The molecule has 0 aliphatic carbocycles. The van der Waals surface area contributed by atoms with Crippen LogP contribution in [0.15, 0.2) is 0 Å². The van der Waals surface area contributed by atoms with Crippen LogP contribution in [0.3, 0.4) is 0 Å². The summed E-state index contributed by atoms with van der Waals surface area (Å²) in [4.78, 5) is 10.0. The maximum atomic E-state index is 5.04. The molecule has 2 heteroatoms. The second-order valence-corrected chi connectivity index (χ2v) is 4.44. The highest BCUT2D eigenvalue weighted by Crippen LogP contribution is 2.08. The zero-order valence-corrected chi connectivity index (χ0v) is 10.8. The SMILES string of the molecule is CCCCCCCCCCOOC(C)C. The fraction of sp³-hybridized carbons (Fsp3) is 1.00. The molecule has 0 spiro atoms. The third kappa shape index (κ3) is 13.9. The third-order valence-electron chi connectivity index (χ3n) is 2.34. The van der Waals surface area contributed by atoms with E-state index in [2.05, 4.69) is 6.92 Å². The van der Waals surface area contributed by atoms with E-state index < -0.39 is 0 Å². The first-order valence-electron chi connectivity index (χ1n) is 6.55. The molecule has 0 saturated heterocycles. The van der Waals surface area contributed by atoms with E-state index in [0.29, 0.717) is 0 Å². The van der Waals surface area contributed by atoms with Crippen LogP contribution in [-0.4, -0.2) is 12.7 Å². The summed E-state index contributed by atoms with van der Waals surface area (Å²) in [5.74, 6) is 0. The molecule has 0 aromatic rings. The summed E-state index contributed by atoms with van der Waals surface area (Å²) in [6.45, 7) is 6.96. The number of unbranched alkanes of at least 4 members (excludes halogenated alkanes) is 7. The molecule has 0 aromatic carbocycles. The van der Waals surface area contributed by atoms with E-state index in [1.54, 1.807) is 0 Å². The predicted molar refractivity (Wildman–Crippen MR) is 64.8 cm³/mol. The molecular formula is C13H28O2. The van der Waals surface area contributed by atoms with Gasteiger partial charge in [-0.25, -0.2) is 9.78 Å². The Labute approximate surface area is 95.3 Å². The lowest BCUT2D eigenvalue weighted by atomic mass is 10.1. The number of rotatable bonds is 11.